The van der Waals surface area contributed by atoms with E-state index >= 15 is 0 Å². The Hall–Kier alpha value is -2.95. The molecule has 0 saturated heterocycles. The van der Waals surface area contributed by atoms with Gasteiger partial charge in [0.1, 0.15) is 5.82 Å². The molecule has 3 N–H and O–H groups in total. The van der Waals surface area contributed by atoms with Crippen LogP contribution in [0.15, 0.2) is 55.0 Å². The number of nitrogen functional groups attached to an aromatic ring is 1. The van der Waals surface area contributed by atoms with Crippen molar-refractivity contribution in [2.45, 2.75) is 13.5 Å². The highest BCUT2D eigenvalue weighted by Gasteiger charge is 2.06. The third kappa shape index (κ3) is 3.20. The van der Waals surface area contributed by atoms with E-state index in [1.807, 2.05) is 55.7 Å². The van der Waals surface area contributed by atoms with Crippen molar-refractivity contribution in [1.29, 1.82) is 0 Å². The lowest BCUT2D eigenvalue weighted by atomic mass is 10.2. The Bertz CT molecular complexity index is 771. The second kappa shape index (κ2) is 6.22. The van der Waals surface area contributed by atoms with Gasteiger partial charge in [0.15, 0.2) is 5.82 Å². The first-order valence-corrected chi connectivity index (χ1v) is 7.05. The van der Waals surface area contributed by atoms with E-state index in [9.17, 15) is 0 Å². The number of nitrogens with one attached hydrogen (secondary N) is 1. The van der Waals surface area contributed by atoms with Gasteiger partial charge in [-0.05, 0) is 30.7 Å². The number of hydrogen-bond acceptors (Lipinski definition) is 5. The van der Waals surface area contributed by atoms with Gasteiger partial charge in [-0.15, -0.1) is 0 Å². The van der Waals surface area contributed by atoms with Gasteiger partial charge < -0.3 is 11.1 Å². The van der Waals surface area contributed by atoms with Crippen molar-refractivity contribution in [2.75, 3.05) is 11.1 Å². The van der Waals surface area contributed by atoms with Crippen molar-refractivity contribution in [3.63, 3.8) is 0 Å². The van der Waals surface area contributed by atoms with Crippen molar-refractivity contribution in [3.8, 4) is 11.4 Å². The van der Waals surface area contributed by atoms with Gasteiger partial charge in [0, 0.05) is 41.9 Å². The van der Waals surface area contributed by atoms with Gasteiger partial charge in [-0.1, -0.05) is 18.2 Å². The molecule has 0 unspecified atom stereocenters. The summed E-state index contributed by atoms with van der Waals surface area (Å²) < 4.78 is 0. The Morgan fingerprint density at radius 1 is 1.14 bits per heavy atom. The molecule has 0 radical (unpaired) electrons. The molecule has 0 aliphatic carbocycles. The van der Waals surface area contributed by atoms with Crippen LogP contribution in [0.4, 0.5) is 11.5 Å². The Labute approximate surface area is 129 Å². The molecule has 0 atom stereocenters. The van der Waals surface area contributed by atoms with Crippen LogP contribution in [0.25, 0.3) is 11.4 Å². The molecule has 0 aliphatic rings. The first-order valence-electron chi connectivity index (χ1n) is 7.05. The minimum atomic E-state index is 0.659. The fraction of sp³-hybridized carbons (Fsp3) is 0.118. The molecule has 1 aromatic carbocycles. The first-order chi connectivity index (χ1) is 10.7. The van der Waals surface area contributed by atoms with E-state index in [0.717, 1.165) is 22.5 Å². The topological polar surface area (TPSA) is 76.7 Å². The number of nitrogens with two attached hydrogens (primary N) is 1. The third-order valence-electron chi connectivity index (χ3n) is 3.30. The summed E-state index contributed by atoms with van der Waals surface area (Å²) in [7, 11) is 0. The third-order valence-corrected chi connectivity index (χ3v) is 3.30. The maximum atomic E-state index is 5.82. The fourth-order valence-electron chi connectivity index (χ4n) is 2.13. The lowest BCUT2D eigenvalue weighted by molar-refractivity contribution is 1.05. The molecule has 0 amide bonds. The van der Waals surface area contributed by atoms with Crippen LogP contribution in [0, 0.1) is 6.92 Å². The molecule has 5 nitrogen and oxygen atoms in total. The number of anilines is 2. The van der Waals surface area contributed by atoms with Crippen LogP contribution >= 0.6 is 0 Å². The zero-order valence-corrected chi connectivity index (χ0v) is 12.3. The lowest BCUT2D eigenvalue weighted by Gasteiger charge is -2.10. The van der Waals surface area contributed by atoms with E-state index in [1.165, 1.54) is 0 Å². The number of hydrogen-bond donors (Lipinski definition) is 2. The minimum Gasteiger partial charge on any atom is -0.399 e. The summed E-state index contributed by atoms with van der Waals surface area (Å²) in [6.45, 7) is 2.65. The highest BCUT2D eigenvalue weighted by Crippen LogP contribution is 2.21. The van der Waals surface area contributed by atoms with E-state index in [0.29, 0.717) is 18.1 Å². The maximum Gasteiger partial charge on any atom is 0.161 e. The number of benzene rings is 1. The van der Waals surface area contributed by atoms with Crippen LogP contribution in [0.1, 0.15) is 11.1 Å². The van der Waals surface area contributed by atoms with Gasteiger partial charge in [0.05, 0.1) is 0 Å². The van der Waals surface area contributed by atoms with Gasteiger partial charge in [0.2, 0.25) is 0 Å². The van der Waals surface area contributed by atoms with Crippen LogP contribution in [-0.4, -0.2) is 15.0 Å². The molecule has 0 fully saturated rings. The molecule has 110 valence electrons. The quantitative estimate of drug-likeness (QED) is 0.722. The molecular weight excluding hydrogens is 274 g/mol. The molecule has 3 aromatic rings. The average Bonchev–Trinajstić information content (AvgIpc) is 2.55. The average molecular weight is 291 g/mol. The zero-order chi connectivity index (χ0) is 15.4. The number of rotatable bonds is 4. The molecule has 0 bridgehead atoms. The molecular formula is C17H17N5. The smallest absolute Gasteiger partial charge is 0.161 e. The molecule has 5 heteroatoms. The molecule has 22 heavy (non-hydrogen) atoms. The second-order valence-electron chi connectivity index (χ2n) is 5.07. The van der Waals surface area contributed by atoms with Gasteiger partial charge in [-0.25, -0.2) is 9.97 Å². The Morgan fingerprint density at radius 2 is 2.05 bits per heavy atom. The van der Waals surface area contributed by atoms with Gasteiger partial charge in [-0.2, -0.15) is 0 Å². The van der Waals surface area contributed by atoms with E-state index in [1.54, 1.807) is 6.20 Å². The number of nitrogens with zero attached hydrogens (tertiary/aromatic N) is 3. The van der Waals surface area contributed by atoms with Gasteiger partial charge in [0.25, 0.3) is 0 Å². The Kier molecular flexibility index (Phi) is 3.96. The summed E-state index contributed by atoms with van der Waals surface area (Å²) in [5.74, 6) is 1.47. The van der Waals surface area contributed by atoms with E-state index in [2.05, 4.69) is 20.3 Å². The molecule has 3 rings (SSSR count). The van der Waals surface area contributed by atoms with E-state index in [4.69, 9.17) is 5.73 Å². The van der Waals surface area contributed by atoms with Crippen LogP contribution < -0.4 is 11.1 Å². The zero-order valence-electron chi connectivity index (χ0n) is 12.3. The monoisotopic (exact) mass is 291 g/mol. The number of pyridine rings is 1. The molecule has 0 aliphatic heterocycles. The molecule has 0 saturated carbocycles. The second-order valence-corrected chi connectivity index (χ2v) is 5.07. The standard InChI is InChI=1S/C17H17N5/c1-12-9-20-17(14-5-2-6-15(18)8-14)22-16(12)21-11-13-4-3-7-19-10-13/h2-10H,11,18H2,1H3,(H,20,21,22). The maximum absolute atomic E-state index is 5.82. The van der Waals surface area contributed by atoms with Crippen LogP contribution in [0.2, 0.25) is 0 Å². The number of aryl methyl sites for hydroxylation is 1. The molecule has 2 aromatic heterocycles. The van der Waals surface area contributed by atoms with Crippen molar-refractivity contribution >= 4 is 11.5 Å². The first kappa shape index (κ1) is 14.0. The normalized spacial score (nSPS) is 10.4. The predicted molar refractivity (Wildman–Crippen MR) is 88.2 cm³/mol. The van der Waals surface area contributed by atoms with Crippen molar-refractivity contribution in [1.82, 2.24) is 15.0 Å². The van der Waals surface area contributed by atoms with E-state index < -0.39 is 0 Å². The Balaban J connectivity index is 1.84. The highest BCUT2D eigenvalue weighted by molar-refractivity contribution is 5.62. The summed E-state index contributed by atoms with van der Waals surface area (Å²) in [5.41, 5.74) is 9.53. The SMILES string of the molecule is Cc1cnc(-c2cccc(N)c2)nc1NCc1cccnc1. The fourth-order valence-corrected chi connectivity index (χ4v) is 2.13. The highest BCUT2D eigenvalue weighted by atomic mass is 15.0. The van der Waals surface area contributed by atoms with Crippen LogP contribution in [0.3, 0.4) is 0 Å². The summed E-state index contributed by atoms with van der Waals surface area (Å²) in [4.78, 5) is 13.1. The van der Waals surface area contributed by atoms with Crippen molar-refractivity contribution in [3.05, 3.63) is 66.1 Å². The van der Waals surface area contributed by atoms with Crippen molar-refractivity contribution in [2.24, 2.45) is 0 Å². The largest absolute Gasteiger partial charge is 0.399 e. The summed E-state index contributed by atoms with van der Waals surface area (Å²) >= 11 is 0. The van der Waals surface area contributed by atoms with Gasteiger partial charge >= 0.3 is 0 Å². The van der Waals surface area contributed by atoms with E-state index in [-0.39, 0.29) is 0 Å². The number of aromatic nitrogens is 3. The Morgan fingerprint density at radius 3 is 2.82 bits per heavy atom. The summed E-state index contributed by atoms with van der Waals surface area (Å²) in [5, 5.41) is 3.33. The predicted octanol–water partition coefficient (Wildman–Crippen LogP) is 3.04. The summed E-state index contributed by atoms with van der Waals surface area (Å²) in [6.07, 6.45) is 5.41. The van der Waals surface area contributed by atoms with Crippen LogP contribution in [0.5, 0.6) is 0 Å². The summed E-state index contributed by atoms with van der Waals surface area (Å²) in [6, 6.07) is 11.5. The van der Waals surface area contributed by atoms with Crippen LogP contribution in [-0.2, 0) is 6.54 Å². The van der Waals surface area contributed by atoms with Gasteiger partial charge in [-0.3, -0.25) is 4.98 Å². The van der Waals surface area contributed by atoms with Crippen molar-refractivity contribution < 1.29 is 0 Å². The minimum absolute atomic E-state index is 0.659. The lowest BCUT2D eigenvalue weighted by Crippen LogP contribution is -2.05. The molecule has 2 heterocycles. The molecule has 0 spiro atoms.